The van der Waals surface area contributed by atoms with Crippen molar-refractivity contribution >= 4 is 5.91 Å². The summed E-state index contributed by atoms with van der Waals surface area (Å²) in [7, 11) is 0. The van der Waals surface area contributed by atoms with Crippen molar-refractivity contribution in [2.24, 2.45) is 11.7 Å². The van der Waals surface area contributed by atoms with Crippen LogP contribution < -0.4 is 5.73 Å². The summed E-state index contributed by atoms with van der Waals surface area (Å²) < 4.78 is 0. The second-order valence-corrected chi connectivity index (χ2v) is 3.69. The molecule has 0 bridgehead atoms. The van der Waals surface area contributed by atoms with Crippen molar-refractivity contribution in [2.45, 2.75) is 26.3 Å². The third-order valence-corrected chi connectivity index (χ3v) is 2.59. The summed E-state index contributed by atoms with van der Waals surface area (Å²) >= 11 is 0. The van der Waals surface area contributed by atoms with Crippen molar-refractivity contribution in [1.82, 2.24) is 4.90 Å². The first-order valence-electron chi connectivity index (χ1n) is 4.82. The minimum atomic E-state index is 0.116. The Hall–Kier alpha value is -0.830. The predicted molar refractivity (Wildman–Crippen MR) is 53.2 cm³/mol. The Morgan fingerprint density at radius 3 is 2.85 bits per heavy atom. The molecule has 13 heavy (non-hydrogen) atoms. The van der Waals surface area contributed by atoms with E-state index in [0.29, 0.717) is 5.92 Å². The van der Waals surface area contributed by atoms with Crippen molar-refractivity contribution in [1.29, 1.82) is 0 Å². The van der Waals surface area contributed by atoms with E-state index in [1.54, 1.807) is 12.2 Å². The van der Waals surface area contributed by atoms with Crippen molar-refractivity contribution in [3.8, 4) is 0 Å². The van der Waals surface area contributed by atoms with Gasteiger partial charge in [-0.1, -0.05) is 6.08 Å². The Morgan fingerprint density at radius 2 is 2.38 bits per heavy atom. The number of nitrogens with two attached hydrogens (primary N) is 1. The molecule has 2 N–H and O–H groups in total. The van der Waals surface area contributed by atoms with E-state index in [9.17, 15) is 4.79 Å². The molecule has 1 aliphatic rings. The number of carbonyl (C=O) groups is 1. The van der Waals surface area contributed by atoms with Crippen molar-refractivity contribution < 1.29 is 4.79 Å². The molecule has 0 aromatic rings. The van der Waals surface area contributed by atoms with Gasteiger partial charge in [0.05, 0.1) is 0 Å². The topological polar surface area (TPSA) is 46.3 Å². The number of carbonyl (C=O) groups excluding carboxylic acids is 1. The smallest absolute Gasteiger partial charge is 0.246 e. The molecule has 0 aromatic heterocycles. The lowest BCUT2D eigenvalue weighted by atomic mass is 10.0. The summed E-state index contributed by atoms with van der Waals surface area (Å²) in [5.74, 6) is 0.597. The first-order chi connectivity index (χ1) is 6.15. The van der Waals surface area contributed by atoms with E-state index in [2.05, 4.69) is 0 Å². The maximum absolute atomic E-state index is 11.4. The van der Waals surface area contributed by atoms with Crippen LogP contribution in [0.3, 0.4) is 0 Å². The molecule has 0 saturated carbocycles. The molecule has 1 aliphatic heterocycles. The van der Waals surface area contributed by atoms with Crippen LogP contribution in [0.15, 0.2) is 12.2 Å². The minimum absolute atomic E-state index is 0.116. The van der Waals surface area contributed by atoms with Gasteiger partial charge in [0.15, 0.2) is 0 Å². The second-order valence-electron chi connectivity index (χ2n) is 3.69. The number of likely N-dealkylation sites (tertiary alicyclic amines) is 1. The van der Waals surface area contributed by atoms with Crippen LogP contribution in [0.2, 0.25) is 0 Å². The Morgan fingerprint density at radius 1 is 1.69 bits per heavy atom. The maximum atomic E-state index is 11.4. The number of rotatable bonds is 2. The molecular weight excluding hydrogens is 164 g/mol. The van der Waals surface area contributed by atoms with Gasteiger partial charge in [0, 0.05) is 19.1 Å². The molecule has 0 aromatic carbocycles. The van der Waals surface area contributed by atoms with Crippen LogP contribution in [-0.4, -0.2) is 29.9 Å². The molecule has 3 heteroatoms. The van der Waals surface area contributed by atoms with Gasteiger partial charge >= 0.3 is 0 Å². The first-order valence-corrected chi connectivity index (χ1v) is 4.82. The Labute approximate surface area is 79.6 Å². The molecule has 74 valence electrons. The highest BCUT2D eigenvalue weighted by Gasteiger charge is 2.26. The predicted octanol–water partition coefficient (Wildman–Crippen LogP) is 0.758. The van der Waals surface area contributed by atoms with E-state index < -0.39 is 0 Å². The summed E-state index contributed by atoms with van der Waals surface area (Å²) in [4.78, 5) is 13.3. The van der Waals surface area contributed by atoms with Crippen LogP contribution in [0, 0.1) is 5.92 Å². The zero-order chi connectivity index (χ0) is 9.84. The summed E-state index contributed by atoms with van der Waals surface area (Å²) in [6.45, 7) is 5.54. The lowest BCUT2D eigenvalue weighted by Crippen LogP contribution is -2.32. The third kappa shape index (κ3) is 2.56. The van der Waals surface area contributed by atoms with E-state index in [1.165, 1.54) is 0 Å². The molecule has 1 amide bonds. The van der Waals surface area contributed by atoms with Crippen LogP contribution in [0.5, 0.6) is 0 Å². The lowest BCUT2D eigenvalue weighted by Gasteiger charge is -2.16. The highest BCUT2D eigenvalue weighted by Crippen LogP contribution is 2.18. The molecule has 1 fully saturated rings. The fourth-order valence-corrected chi connectivity index (χ4v) is 1.66. The number of amides is 1. The minimum Gasteiger partial charge on any atom is -0.339 e. The van der Waals surface area contributed by atoms with E-state index in [0.717, 1.165) is 19.5 Å². The molecule has 0 spiro atoms. The third-order valence-electron chi connectivity index (χ3n) is 2.59. The number of allylic oxidation sites excluding steroid dienone is 1. The molecule has 1 heterocycles. The summed E-state index contributed by atoms with van der Waals surface area (Å²) in [6, 6.07) is 0.198. The quantitative estimate of drug-likeness (QED) is 0.641. The van der Waals surface area contributed by atoms with Gasteiger partial charge in [-0.2, -0.15) is 0 Å². The van der Waals surface area contributed by atoms with Crippen LogP contribution in [0.25, 0.3) is 0 Å². The zero-order valence-corrected chi connectivity index (χ0v) is 8.36. The molecule has 1 rings (SSSR count). The van der Waals surface area contributed by atoms with Gasteiger partial charge in [-0.3, -0.25) is 4.79 Å². The van der Waals surface area contributed by atoms with Gasteiger partial charge in [-0.15, -0.1) is 0 Å². The zero-order valence-electron chi connectivity index (χ0n) is 8.36. The van der Waals surface area contributed by atoms with Gasteiger partial charge in [0.2, 0.25) is 5.91 Å². The molecular formula is C10H18N2O. The van der Waals surface area contributed by atoms with Gasteiger partial charge in [-0.05, 0) is 32.3 Å². The normalized spacial score (nSPS) is 25.5. The highest BCUT2D eigenvalue weighted by molar-refractivity contribution is 5.87. The fourth-order valence-electron chi connectivity index (χ4n) is 1.66. The van der Waals surface area contributed by atoms with Gasteiger partial charge in [0.25, 0.3) is 0 Å². The van der Waals surface area contributed by atoms with Crippen LogP contribution in [0.4, 0.5) is 0 Å². The molecule has 0 aliphatic carbocycles. The van der Waals surface area contributed by atoms with E-state index in [4.69, 9.17) is 5.73 Å². The maximum Gasteiger partial charge on any atom is 0.246 e. The average Bonchev–Trinajstić information content (AvgIpc) is 2.52. The van der Waals surface area contributed by atoms with E-state index in [-0.39, 0.29) is 11.9 Å². The second kappa shape index (κ2) is 4.42. The molecule has 3 nitrogen and oxygen atoms in total. The molecule has 2 atom stereocenters. The molecule has 1 saturated heterocycles. The molecule has 2 unspecified atom stereocenters. The van der Waals surface area contributed by atoms with E-state index >= 15 is 0 Å². The first kappa shape index (κ1) is 10.3. The monoisotopic (exact) mass is 182 g/mol. The van der Waals surface area contributed by atoms with Gasteiger partial charge in [0.1, 0.15) is 0 Å². The highest BCUT2D eigenvalue weighted by atomic mass is 16.2. The summed E-state index contributed by atoms with van der Waals surface area (Å²) in [5.41, 5.74) is 5.78. The van der Waals surface area contributed by atoms with Gasteiger partial charge in [-0.25, -0.2) is 0 Å². The van der Waals surface area contributed by atoms with Crippen LogP contribution >= 0.6 is 0 Å². The van der Waals surface area contributed by atoms with Gasteiger partial charge < -0.3 is 10.6 Å². The number of nitrogens with zero attached hydrogens (tertiary/aromatic N) is 1. The average molecular weight is 182 g/mol. The largest absolute Gasteiger partial charge is 0.339 e. The number of hydrogen-bond acceptors (Lipinski definition) is 2. The Kier molecular flexibility index (Phi) is 3.48. The lowest BCUT2D eigenvalue weighted by molar-refractivity contribution is -0.125. The van der Waals surface area contributed by atoms with Crippen LogP contribution in [-0.2, 0) is 4.79 Å². The SMILES string of the molecule is C/C=C/C(=O)N1CCC(C(C)N)C1. The standard InChI is InChI=1S/C10H18N2O/c1-3-4-10(13)12-6-5-9(7-12)8(2)11/h3-4,8-9H,5-7,11H2,1-2H3/b4-3+. The van der Waals surface area contributed by atoms with Crippen molar-refractivity contribution in [3.05, 3.63) is 12.2 Å². The van der Waals surface area contributed by atoms with Crippen LogP contribution in [0.1, 0.15) is 20.3 Å². The summed E-state index contributed by atoms with van der Waals surface area (Å²) in [6.07, 6.45) is 4.44. The number of hydrogen-bond donors (Lipinski definition) is 1. The van der Waals surface area contributed by atoms with E-state index in [1.807, 2.05) is 18.7 Å². The summed E-state index contributed by atoms with van der Waals surface area (Å²) in [5, 5.41) is 0. The van der Waals surface area contributed by atoms with Crippen molar-refractivity contribution in [3.63, 3.8) is 0 Å². The molecule has 0 radical (unpaired) electrons. The van der Waals surface area contributed by atoms with Crippen molar-refractivity contribution in [2.75, 3.05) is 13.1 Å². The Balaban J connectivity index is 2.45. The Bertz CT molecular complexity index is 211. The fraction of sp³-hybridized carbons (Fsp3) is 0.700.